The van der Waals surface area contributed by atoms with Crippen LogP contribution in [0, 0.1) is 12.7 Å². The number of hydrogen-bond donors (Lipinski definition) is 3. The van der Waals surface area contributed by atoms with Crippen molar-refractivity contribution in [1.29, 1.82) is 0 Å². The molecule has 1 fully saturated rings. The first-order valence-corrected chi connectivity index (χ1v) is 15.2. The summed E-state index contributed by atoms with van der Waals surface area (Å²) >= 11 is 0. The zero-order valence-electron chi connectivity index (χ0n) is 23.5. The summed E-state index contributed by atoms with van der Waals surface area (Å²) < 4.78 is 44.4. The smallest absolute Gasteiger partial charge is 0.326 e. The van der Waals surface area contributed by atoms with Crippen molar-refractivity contribution in [3.05, 3.63) is 102 Å². The number of anilines is 3. The lowest BCUT2D eigenvalue weighted by molar-refractivity contribution is 0.199. The molecule has 0 spiro atoms. The molecular weight excluding hydrogens is 573 g/mol. The Bertz CT molecular complexity index is 1650. The van der Waals surface area contributed by atoms with E-state index in [4.69, 9.17) is 9.88 Å². The number of nitrogens with two attached hydrogens (primary N) is 1. The lowest BCUT2D eigenvalue weighted by Gasteiger charge is -2.38. The Morgan fingerprint density at radius 2 is 1.77 bits per heavy atom. The Morgan fingerprint density at radius 3 is 2.40 bits per heavy atom. The molecule has 224 valence electrons. The van der Waals surface area contributed by atoms with Crippen LogP contribution in [-0.2, 0) is 16.8 Å². The van der Waals surface area contributed by atoms with Gasteiger partial charge in [0.25, 0.3) is 10.2 Å². The lowest BCUT2D eigenvalue weighted by atomic mass is 10.0. The highest BCUT2D eigenvalue weighted by Crippen LogP contribution is 2.27. The van der Waals surface area contributed by atoms with Crippen LogP contribution in [0.1, 0.15) is 24.1 Å². The van der Waals surface area contributed by atoms with Crippen LogP contribution in [0.5, 0.6) is 11.6 Å². The summed E-state index contributed by atoms with van der Waals surface area (Å²) in [5.41, 5.74) is 3.25. The van der Waals surface area contributed by atoms with Crippen molar-refractivity contribution in [2.24, 2.45) is 5.14 Å². The maximum Gasteiger partial charge on any atom is 0.326 e. The summed E-state index contributed by atoms with van der Waals surface area (Å²) in [6.07, 6.45) is 4.78. The molecule has 4 N–H and O–H groups in total. The molecule has 2 aromatic carbocycles. The quantitative estimate of drug-likeness (QED) is 0.243. The Kier molecular flexibility index (Phi) is 9.14. The van der Waals surface area contributed by atoms with E-state index in [9.17, 15) is 17.6 Å². The molecule has 1 aliphatic rings. The summed E-state index contributed by atoms with van der Waals surface area (Å²) in [5.74, 6) is 0.490. The highest BCUT2D eigenvalue weighted by molar-refractivity contribution is 7.90. The van der Waals surface area contributed by atoms with Crippen molar-refractivity contribution in [2.75, 3.05) is 28.0 Å². The molecule has 0 radical (unpaired) electrons. The minimum Gasteiger partial charge on any atom is -0.439 e. The molecule has 0 saturated carbocycles. The average molecular weight is 606 g/mol. The number of rotatable bonds is 9. The second kappa shape index (κ2) is 13.2. The predicted molar refractivity (Wildman–Crippen MR) is 163 cm³/mol. The number of aromatic nitrogens is 2. The van der Waals surface area contributed by atoms with Crippen molar-refractivity contribution in [2.45, 2.75) is 32.4 Å². The largest absolute Gasteiger partial charge is 0.439 e. The van der Waals surface area contributed by atoms with Crippen LogP contribution in [0.2, 0.25) is 0 Å². The maximum atomic E-state index is 14.1. The van der Waals surface area contributed by atoms with Gasteiger partial charge >= 0.3 is 6.03 Å². The highest BCUT2D eigenvalue weighted by atomic mass is 32.2. The second-order valence-corrected chi connectivity index (χ2v) is 11.5. The predicted octanol–water partition coefficient (Wildman–Crippen LogP) is 5.03. The first-order chi connectivity index (χ1) is 20.6. The van der Waals surface area contributed by atoms with Crippen LogP contribution in [0.25, 0.3) is 0 Å². The number of carbonyl (C=O) groups is 1. The van der Waals surface area contributed by atoms with Crippen LogP contribution >= 0.6 is 0 Å². The molecule has 3 heterocycles. The van der Waals surface area contributed by atoms with Gasteiger partial charge in [-0.05, 0) is 79.9 Å². The minimum atomic E-state index is -3.85. The van der Waals surface area contributed by atoms with Gasteiger partial charge in [0.1, 0.15) is 11.6 Å². The summed E-state index contributed by atoms with van der Waals surface area (Å²) in [6, 6.07) is 19.3. The van der Waals surface area contributed by atoms with E-state index in [0.717, 1.165) is 24.3 Å². The standard InChI is InChI=1S/C30H32FN7O4S/c1-21-5-7-25(19-33-21)35-30(39)38(27-4-2-3-23(31)17-27)26-13-15-37(16-14-26)20-22-6-12-29(34-18-22)42-28-10-8-24(9-11-28)36-43(32,40)41/h2-12,17-19,26,36H,13-16,20H2,1H3,(H,35,39)(H2,32,40,41). The number of carbonyl (C=O) groups excluding carboxylic acids is 1. The molecule has 11 nitrogen and oxygen atoms in total. The van der Waals surface area contributed by atoms with Crippen molar-refractivity contribution < 1.29 is 22.3 Å². The second-order valence-electron chi connectivity index (χ2n) is 10.3. The Morgan fingerprint density at radius 1 is 1.02 bits per heavy atom. The number of pyridine rings is 2. The number of nitrogens with one attached hydrogen (secondary N) is 2. The number of amides is 2. The van der Waals surface area contributed by atoms with E-state index in [1.807, 2.05) is 19.1 Å². The number of halogens is 1. The number of likely N-dealkylation sites (tertiary alicyclic amines) is 1. The first kappa shape index (κ1) is 29.9. The van der Waals surface area contributed by atoms with E-state index in [1.54, 1.807) is 53.7 Å². The summed E-state index contributed by atoms with van der Waals surface area (Å²) in [5, 5.41) is 7.89. The first-order valence-electron chi connectivity index (χ1n) is 13.7. The number of aryl methyl sites for hydroxylation is 1. The molecule has 0 aliphatic carbocycles. The van der Waals surface area contributed by atoms with Crippen molar-refractivity contribution in [1.82, 2.24) is 14.9 Å². The van der Waals surface area contributed by atoms with Gasteiger partial charge in [0.2, 0.25) is 5.88 Å². The number of benzene rings is 2. The summed E-state index contributed by atoms with van der Waals surface area (Å²) in [4.78, 5) is 26.0. The van der Waals surface area contributed by atoms with Gasteiger partial charge < -0.3 is 10.1 Å². The van der Waals surface area contributed by atoms with Gasteiger partial charge in [-0.3, -0.25) is 19.5 Å². The third kappa shape index (κ3) is 8.47. The average Bonchev–Trinajstić information content (AvgIpc) is 2.97. The third-order valence-electron chi connectivity index (χ3n) is 6.93. The molecule has 13 heteroatoms. The summed E-state index contributed by atoms with van der Waals surface area (Å²) in [6.45, 7) is 4.03. The van der Waals surface area contributed by atoms with Gasteiger partial charge in [-0.1, -0.05) is 12.1 Å². The fraction of sp³-hybridized carbons (Fsp3) is 0.233. The highest BCUT2D eigenvalue weighted by Gasteiger charge is 2.30. The zero-order chi connectivity index (χ0) is 30.4. The maximum absolute atomic E-state index is 14.1. The number of nitrogens with zero attached hydrogens (tertiary/aromatic N) is 4. The van der Waals surface area contributed by atoms with Crippen LogP contribution in [-0.4, -0.2) is 48.4 Å². The van der Waals surface area contributed by atoms with Gasteiger partial charge in [0.15, 0.2) is 0 Å². The normalized spacial score (nSPS) is 14.2. The van der Waals surface area contributed by atoms with E-state index in [2.05, 4.69) is 24.9 Å². The van der Waals surface area contributed by atoms with E-state index < -0.39 is 16.0 Å². The molecule has 2 aromatic heterocycles. The molecule has 0 unspecified atom stereocenters. The molecule has 1 aliphatic heterocycles. The number of urea groups is 1. The molecule has 2 amide bonds. The number of piperidine rings is 1. The van der Waals surface area contributed by atoms with E-state index >= 15 is 0 Å². The molecule has 0 bridgehead atoms. The molecule has 5 rings (SSSR count). The van der Waals surface area contributed by atoms with Gasteiger partial charge in [-0.15, -0.1) is 0 Å². The Balaban J connectivity index is 1.18. The SMILES string of the molecule is Cc1ccc(NC(=O)N(c2cccc(F)c2)C2CCN(Cc3ccc(Oc4ccc(NS(N)(=O)=O)cc4)nc3)CC2)cn1. The topological polar surface area (TPSA) is 143 Å². The van der Waals surface area contributed by atoms with Crippen molar-refractivity contribution in [3.63, 3.8) is 0 Å². The zero-order valence-corrected chi connectivity index (χ0v) is 24.3. The monoisotopic (exact) mass is 605 g/mol. The molecule has 0 atom stereocenters. The molecule has 1 saturated heterocycles. The summed E-state index contributed by atoms with van der Waals surface area (Å²) in [7, 11) is -3.85. The van der Waals surface area contributed by atoms with Crippen LogP contribution in [0.3, 0.4) is 0 Å². The minimum absolute atomic E-state index is 0.114. The van der Waals surface area contributed by atoms with Gasteiger partial charge in [0.05, 0.1) is 11.9 Å². The Labute approximate surface area is 249 Å². The number of ether oxygens (including phenoxy) is 1. The van der Waals surface area contributed by atoms with Gasteiger partial charge in [-0.25, -0.2) is 19.3 Å². The van der Waals surface area contributed by atoms with E-state index in [-0.39, 0.29) is 12.1 Å². The lowest BCUT2D eigenvalue weighted by Crippen LogP contribution is -2.49. The van der Waals surface area contributed by atoms with Crippen molar-refractivity contribution in [3.8, 4) is 11.6 Å². The van der Waals surface area contributed by atoms with Crippen LogP contribution in [0.15, 0.2) is 85.2 Å². The molecule has 43 heavy (non-hydrogen) atoms. The molecular formula is C30H32FN7O4S. The molecule has 4 aromatic rings. The Hall–Kier alpha value is -4.59. The van der Waals surface area contributed by atoms with E-state index in [1.165, 1.54) is 24.3 Å². The van der Waals surface area contributed by atoms with Crippen molar-refractivity contribution >= 4 is 33.3 Å². The van der Waals surface area contributed by atoms with Crippen LogP contribution < -0.4 is 24.8 Å². The van der Waals surface area contributed by atoms with E-state index in [0.29, 0.717) is 48.1 Å². The fourth-order valence-corrected chi connectivity index (χ4v) is 5.34. The number of hydrogen-bond acceptors (Lipinski definition) is 7. The van der Waals surface area contributed by atoms with Crippen LogP contribution in [0.4, 0.5) is 26.2 Å². The van der Waals surface area contributed by atoms with Gasteiger partial charge in [0, 0.05) is 55.0 Å². The third-order valence-corrected chi connectivity index (χ3v) is 7.45. The van der Waals surface area contributed by atoms with Gasteiger partial charge in [-0.2, -0.15) is 8.42 Å². The fourth-order valence-electron chi connectivity index (χ4n) is 4.88.